The lowest BCUT2D eigenvalue weighted by Gasteiger charge is -2.08. The molecule has 2 N–H and O–H groups in total. The minimum atomic E-state index is -4.50. The average Bonchev–Trinajstić information content (AvgIpc) is 3.34. The number of nitrogens with zero attached hydrogens (tertiary/aromatic N) is 6. The second kappa shape index (κ2) is 9.33. The Bertz CT molecular complexity index is 1440. The van der Waals surface area contributed by atoms with E-state index in [0.29, 0.717) is 10.6 Å². The number of hydrogen-bond acceptors (Lipinski definition) is 5. The lowest BCUT2D eigenvalue weighted by Crippen LogP contribution is -2.27. The minimum absolute atomic E-state index is 0.0282. The van der Waals surface area contributed by atoms with E-state index >= 15 is 0 Å². The van der Waals surface area contributed by atoms with Crippen LogP contribution in [0.3, 0.4) is 0 Å². The second-order valence-corrected chi connectivity index (χ2v) is 7.80. The van der Waals surface area contributed by atoms with E-state index in [0.717, 1.165) is 20.0 Å². The summed E-state index contributed by atoms with van der Waals surface area (Å²) < 4.78 is 55.5. The molecule has 9 nitrogen and oxygen atoms in total. The lowest BCUT2D eigenvalue weighted by molar-refractivity contribution is -0.136. The van der Waals surface area contributed by atoms with Gasteiger partial charge in [0.15, 0.2) is 11.6 Å². The summed E-state index contributed by atoms with van der Waals surface area (Å²) in [5, 5.41) is 8.61. The van der Waals surface area contributed by atoms with Crippen LogP contribution in [0.15, 0.2) is 53.3 Å². The molecule has 2 aromatic carbocycles. The third kappa shape index (κ3) is 5.24. The second-order valence-electron chi connectivity index (χ2n) is 7.37. The normalized spacial score (nSPS) is 11.7. The molecular weight excluding hydrogens is 494 g/mol. The maximum absolute atomic E-state index is 14.3. The van der Waals surface area contributed by atoms with E-state index in [1.54, 1.807) is 0 Å². The molecule has 0 aliphatic rings. The molecule has 0 unspecified atom stereocenters. The van der Waals surface area contributed by atoms with Gasteiger partial charge in [-0.25, -0.2) is 23.5 Å². The van der Waals surface area contributed by atoms with Crippen molar-refractivity contribution >= 4 is 17.5 Å². The van der Waals surface area contributed by atoms with Crippen LogP contribution in [0.25, 0.3) is 17.1 Å². The highest BCUT2D eigenvalue weighted by Crippen LogP contribution is 2.23. The summed E-state index contributed by atoms with van der Waals surface area (Å²) in [6, 6.07) is 11.5. The number of rotatable bonds is 7. The van der Waals surface area contributed by atoms with Crippen LogP contribution in [-0.2, 0) is 13.1 Å². The molecule has 14 heteroatoms. The van der Waals surface area contributed by atoms with Gasteiger partial charge in [0.25, 0.3) is 5.91 Å². The first-order chi connectivity index (χ1) is 16.5. The highest BCUT2D eigenvalue weighted by atomic mass is 35.5. The topological polar surface area (TPSA) is 114 Å². The highest BCUT2D eigenvalue weighted by molar-refractivity contribution is 6.30. The number of amides is 1. The number of hydrogen-bond donors (Lipinski definition) is 1. The third-order valence-electron chi connectivity index (χ3n) is 4.89. The van der Waals surface area contributed by atoms with Crippen molar-refractivity contribution in [2.45, 2.75) is 25.7 Å². The van der Waals surface area contributed by atoms with E-state index in [4.69, 9.17) is 17.3 Å². The number of alkyl halides is 3. The van der Waals surface area contributed by atoms with E-state index in [2.05, 4.69) is 15.2 Å². The monoisotopic (exact) mass is 509 g/mol. The van der Waals surface area contributed by atoms with Crippen LogP contribution in [0.2, 0.25) is 5.02 Å². The molecule has 0 saturated heterocycles. The molecule has 0 aliphatic heterocycles. The Hall–Kier alpha value is -4.00. The summed E-state index contributed by atoms with van der Waals surface area (Å²) in [4.78, 5) is 28.8. The van der Waals surface area contributed by atoms with Crippen molar-refractivity contribution in [2.24, 2.45) is 5.73 Å². The third-order valence-corrected chi connectivity index (χ3v) is 5.14. The molecule has 0 radical (unpaired) electrons. The molecule has 0 spiro atoms. The number of halogens is 5. The molecule has 1 amide bonds. The van der Waals surface area contributed by atoms with Gasteiger partial charge in [-0.2, -0.15) is 13.2 Å². The van der Waals surface area contributed by atoms with Crippen molar-refractivity contribution in [2.75, 3.05) is 0 Å². The SMILES string of the molecule is NC(=O)c1nc(Cn2nc(-c3ccc(Cl)cc3)n(CCC(F)(F)F)c2=O)nn1-c1ccccc1F. The van der Waals surface area contributed by atoms with Crippen molar-refractivity contribution in [3.63, 3.8) is 0 Å². The van der Waals surface area contributed by atoms with Gasteiger partial charge < -0.3 is 5.73 Å². The van der Waals surface area contributed by atoms with Crippen molar-refractivity contribution in [3.8, 4) is 17.1 Å². The van der Waals surface area contributed by atoms with Crippen molar-refractivity contribution in [1.29, 1.82) is 0 Å². The maximum atomic E-state index is 14.3. The zero-order valence-corrected chi connectivity index (χ0v) is 18.5. The van der Waals surface area contributed by atoms with Gasteiger partial charge in [0.2, 0.25) is 5.82 Å². The van der Waals surface area contributed by atoms with Crippen LogP contribution in [0.1, 0.15) is 22.9 Å². The summed E-state index contributed by atoms with van der Waals surface area (Å²) in [7, 11) is 0. The van der Waals surface area contributed by atoms with Crippen molar-refractivity contribution in [3.05, 3.63) is 81.5 Å². The molecule has 4 rings (SSSR count). The van der Waals surface area contributed by atoms with E-state index in [1.807, 2.05) is 0 Å². The molecule has 0 atom stereocenters. The Morgan fingerprint density at radius 2 is 1.74 bits per heavy atom. The molecule has 0 bridgehead atoms. The summed E-state index contributed by atoms with van der Waals surface area (Å²) in [5.41, 5.74) is 4.74. The predicted octanol–water partition coefficient (Wildman–Crippen LogP) is 3.18. The van der Waals surface area contributed by atoms with Gasteiger partial charge in [-0.3, -0.25) is 9.36 Å². The quantitative estimate of drug-likeness (QED) is 0.384. The van der Waals surface area contributed by atoms with Gasteiger partial charge in [-0.05, 0) is 36.4 Å². The molecule has 4 aromatic rings. The number of benzene rings is 2. The van der Waals surface area contributed by atoms with Crippen LogP contribution in [0, 0.1) is 5.82 Å². The number of carbonyl (C=O) groups is 1. The molecular formula is C21H16ClF4N7O2. The predicted molar refractivity (Wildman–Crippen MR) is 117 cm³/mol. The molecule has 0 saturated carbocycles. The Morgan fingerprint density at radius 3 is 2.37 bits per heavy atom. The zero-order valence-electron chi connectivity index (χ0n) is 17.7. The first-order valence-corrected chi connectivity index (χ1v) is 10.4. The van der Waals surface area contributed by atoms with Crippen LogP contribution < -0.4 is 11.4 Å². The molecule has 182 valence electrons. The van der Waals surface area contributed by atoms with E-state index in [-0.39, 0.29) is 17.3 Å². The number of primary amides is 1. The summed E-state index contributed by atoms with van der Waals surface area (Å²) in [6.07, 6.45) is -5.76. The van der Waals surface area contributed by atoms with Crippen LogP contribution in [0.5, 0.6) is 0 Å². The van der Waals surface area contributed by atoms with Gasteiger partial charge in [-0.15, -0.1) is 10.2 Å². The first-order valence-electron chi connectivity index (χ1n) is 10.0. The van der Waals surface area contributed by atoms with Crippen molar-refractivity contribution in [1.82, 2.24) is 29.1 Å². The number of aromatic nitrogens is 6. The smallest absolute Gasteiger partial charge is 0.363 e. The minimum Gasteiger partial charge on any atom is -0.363 e. The maximum Gasteiger partial charge on any atom is 0.390 e. The summed E-state index contributed by atoms with van der Waals surface area (Å²) in [6.45, 7) is -1.09. The van der Waals surface area contributed by atoms with E-state index in [1.165, 1.54) is 42.5 Å². The molecule has 0 fully saturated rings. The zero-order chi connectivity index (χ0) is 25.3. The summed E-state index contributed by atoms with van der Waals surface area (Å²) in [5.74, 6) is -2.26. The Balaban J connectivity index is 1.76. The Morgan fingerprint density at radius 1 is 1.06 bits per heavy atom. The fourth-order valence-corrected chi connectivity index (χ4v) is 3.43. The molecule has 0 aliphatic carbocycles. The van der Waals surface area contributed by atoms with Crippen LogP contribution in [-0.4, -0.2) is 41.2 Å². The van der Waals surface area contributed by atoms with Crippen molar-refractivity contribution < 1.29 is 22.4 Å². The first kappa shape index (κ1) is 24.1. The van der Waals surface area contributed by atoms with Crippen LogP contribution >= 0.6 is 11.6 Å². The highest BCUT2D eigenvalue weighted by Gasteiger charge is 2.29. The van der Waals surface area contributed by atoms with Gasteiger partial charge in [-0.1, -0.05) is 23.7 Å². The number of para-hydroxylation sites is 1. The molecule has 2 heterocycles. The van der Waals surface area contributed by atoms with Gasteiger partial charge in [0, 0.05) is 17.1 Å². The fourth-order valence-electron chi connectivity index (χ4n) is 3.30. The fraction of sp³-hybridized carbons (Fsp3) is 0.190. The van der Waals surface area contributed by atoms with Crippen LogP contribution in [0.4, 0.5) is 17.6 Å². The average molecular weight is 510 g/mol. The standard InChI is InChI=1S/C21H16ClF4N7O2/c22-13-7-5-12(6-8-13)18-30-32(20(35)31(18)10-9-21(24,25)26)11-16-28-19(17(27)34)33(29-16)15-4-2-1-3-14(15)23/h1-8H,9-11H2,(H2,27,34). The lowest BCUT2D eigenvalue weighted by atomic mass is 10.2. The molecule has 35 heavy (non-hydrogen) atoms. The summed E-state index contributed by atoms with van der Waals surface area (Å²) >= 11 is 5.88. The molecule has 2 aromatic heterocycles. The van der Waals surface area contributed by atoms with Gasteiger partial charge in [0.05, 0.1) is 6.42 Å². The van der Waals surface area contributed by atoms with E-state index in [9.17, 15) is 27.2 Å². The Kier molecular flexibility index (Phi) is 6.43. The van der Waals surface area contributed by atoms with E-state index < -0.39 is 48.9 Å². The largest absolute Gasteiger partial charge is 0.390 e. The number of nitrogens with two attached hydrogens (primary N) is 1. The van der Waals surface area contributed by atoms with Gasteiger partial charge >= 0.3 is 11.9 Å². The Labute approximate surface area is 199 Å². The van der Waals surface area contributed by atoms with Gasteiger partial charge in [0.1, 0.15) is 18.0 Å². The number of carbonyl (C=O) groups excluding carboxylic acids is 1.